The third-order valence-electron chi connectivity index (χ3n) is 2.92. The van der Waals surface area contributed by atoms with Gasteiger partial charge in [0.05, 0.1) is 12.8 Å². The molecule has 0 fully saturated rings. The van der Waals surface area contributed by atoms with Gasteiger partial charge in [0, 0.05) is 30.9 Å². The Balaban J connectivity index is 1.96. The van der Waals surface area contributed by atoms with Crippen LogP contribution in [-0.2, 0) is 11.3 Å². The van der Waals surface area contributed by atoms with Crippen molar-refractivity contribution >= 4 is 17.8 Å². The number of hydrogen-bond acceptors (Lipinski definition) is 7. The Bertz CT molecular complexity index is 790. The summed E-state index contributed by atoms with van der Waals surface area (Å²) in [6, 6.07) is 5.29. The van der Waals surface area contributed by atoms with Crippen LogP contribution in [0.25, 0.3) is 16.2 Å². The lowest BCUT2D eigenvalue weighted by atomic mass is 10.2. The van der Waals surface area contributed by atoms with E-state index in [1.54, 1.807) is 37.5 Å². The van der Waals surface area contributed by atoms with E-state index in [0.717, 1.165) is 5.56 Å². The molecule has 2 aromatic heterocycles. The van der Waals surface area contributed by atoms with Gasteiger partial charge in [0.1, 0.15) is 5.69 Å². The van der Waals surface area contributed by atoms with Crippen molar-refractivity contribution in [3.63, 3.8) is 0 Å². The quantitative estimate of drug-likeness (QED) is 0.355. The van der Waals surface area contributed by atoms with Gasteiger partial charge in [-0.2, -0.15) is 5.10 Å². The number of carbonyl (C=O) groups is 1. The lowest BCUT2D eigenvalue weighted by molar-refractivity contribution is -0.114. The van der Waals surface area contributed by atoms with E-state index in [1.807, 2.05) is 0 Å². The Morgan fingerprint density at radius 3 is 2.96 bits per heavy atom. The van der Waals surface area contributed by atoms with Crippen LogP contribution in [0.15, 0.2) is 45.2 Å². The Morgan fingerprint density at radius 1 is 1.54 bits per heavy atom. The molecule has 0 saturated heterocycles. The van der Waals surface area contributed by atoms with E-state index in [-0.39, 0.29) is 12.3 Å². The van der Waals surface area contributed by atoms with E-state index in [2.05, 4.69) is 30.4 Å². The van der Waals surface area contributed by atoms with E-state index >= 15 is 0 Å². The number of pyridine rings is 1. The Hall–Kier alpha value is -3.54. The highest BCUT2D eigenvalue weighted by atomic mass is 16.5. The predicted octanol–water partition coefficient (Wildman–Crippen LogP) is 1.00. The van der Waals surface area contributed by atoms with Gasteiger partial charge in [0.2, 0.25) is 0 Å². The molecule has 9 heteroatoms. The Morgan fingerprint density at radius 2 is 2.29 bits per heavy atom. The first-order valence-corrected chi connectivity index (χ1v) is 6.96. The topological polar surface area (TPSA) is 123 Å². The molecule has 122 valence electrons. The van der Waals surface area contributed by atoms with Gasteiger partial charge >= 0.3 is 6.17 Å². The van der Waals surface area contributed by atoms with Crippen LogP contribution in [0.2, 0.25) is 0 Å². The van der Waals surface area contributed by atoms with Crippen LogP contribution in [0.5, 0.6) is 0 Å². The number of rotatable bonds is 6. The molecule has 0 aliphatic carbocycles. The molecule has 0 spiro atoms. The summed E-state index contributed by atoms with van der Waals surface area (Å²) < 4.78 is 5.22. The van der Waals surface area contributed by atoms with Crippen LogP contribution < -0.4 is 11.2 Å². The lowest BCUT2D eigenvalue weighted by Gasteiger charge is -2.01. The van der Waals surface area contributed by atoms with E-state index in [9.17, 15) is 4.79 Å². The molecule has 0 aliphatic rings. The van der Waals surface area contributed by atoms with Gasteiger partial charge in [-0.05, 0) is 12.1 Å². The number of carbonyl (C=O) groups excluding carboxylic acids is 1. The van der Waals surface area contributed by atoms with Crippen LogP contribution in [0.1, 0.15) is 12.6 Å². The van der Waals surface area contributed by atoms with E-state index in [4.69, 9.17) is 16.9 Å². The molecule has 24 heavy (non-hydrogen) atoms. The van der Waals surface area contributed by atoms with Gasteiger partial charge in [-0.3, -0.25) is 14.6 Å². The second-order valence-electron chi connectivity index (χ2n) is 4.65. The van der Waals surface area contributed by atoms with Crippen molar-refractivity contribution < 1.29 is 9.32 Å². The van der Waals surface area contributed by atoms with Crippen LogP contribution in [-0.4, -0.2) is 34.1 Å². The molecular formula is C15H15N7O2. The van der Waals surface area contributed by atoms with Crippen molar-refractivity contribution in [2.45, 2.75) is 19.6 Å². The Kier molecular flexibility index (Phi) is 5.74. The molecule has 3 N–H and O–H groups in total. The third kappa shape index (κ3) is 4.48. The fraction of sp³-hybridized carbons (Fsp3) is 0.200. The number of nitrogens with zero attached hydrogens (tertiary/aromatic N) is 5. The maximum absolute atomic E-state index is 12.0. The summed E-state index contributed by atoms with van der Waals surface area (Å²) >= 11 is 0. The standard InChI is InChI=1S/C15H15N7O2/c1-10(17-2)19-9-13(21-16)15(23)20-8-12-7-14(24-22-12)11-3-5-18-6-4-11/h3-7,9-10H,8,16H2,1H3,(H,20,23)/b19-9+,21-13+. The van der Waals surface area contributed by atoms with E-state index in [0.29, 0.717) is 11.5 Å². The lowest BCUT2D eigenvalue weighted by Crippen LogP contribution is -2.32. The van der Waals surface area contributed by atoms with Crippen molar-refractivity contribution in [1.82, 2.24) is 15.5 Å². The molecule has 9 nitrogen and oxygen atoms in total. The second-order valence-corrected chi connectivity index (χ2v) is 4.65. The number of amides is 1. The molecular weight excluding hydrogens is 310 g/mol. The Labute approximate surface area is 138 Å². The molecule has 1 atom stereocenters. The summed E-state index contributed by atoms with van der Waals surface area (Å²) in [5.41, 5.74) is 1.29. The molecule has 0 aromatic carbocycles. The first-order valence-electron chi connectivity index (χ1n) is 6.96. The van der Waals surface area contributed by atoms with E-state index < -0.39 is 12.1 Å². The normalized spacial score (nSPS) is 12.8. The minimum Gasteiger partial charge on any atom is -0.356 e. The average Bonchev–Trinajstić information content (AvgIpc) is 3.10. The van der Waals surface area contributed by atoms with Crippen molar-refractivity contribution in [2.24, 2.45) is 15.9 Å². The third-order valence-corrected chi connectivity index (χ3v) is 2.92. The number of nitrogens with two attached hydrogens (primary N) is 1. The summed E-state index contributed by atoms with van der Waals surface area (Å²) in [5, 5.41) is 9.85. The summed E-state index contributed by atoms with van der Waals surface area (Å²) in [5.74, 6) is 5.22. The van der Waals surface area contributed by atoms with E-state index in [1.165, 1.54) is 6.21 Å². The number of aromatic nitrogens is 2. The summed E-state index contributed by atoms with van der Waals surface area (Å²) in [4.78, 5) is 22.9. The molecule has 2 rings (SSSR count). The molecule has 1 unspecified atom stereocenters. The van der Waals surface area contributed by atoms with Crippen LogP contribution >= 0.6 is 0 Å². The zero-order valence-electron chi connectivity index (χ0n) is 12.9. The van der Waals surface area contributed by atoms with Gasteiger partial charge in [-0.1, -0.05) is 5.16 Å². The minimum absolute atomic E-state index is 0.0802. The summed E-state index contributed by atoms with van der Waals surface area (Å²) in [6.07, 6.45) is 3.86. The molecule has 0 bridgehead atoms. The van der Waals surface area contributed by atoms with Crippen molar-refractivity contribution in [3.05, 3.63) is 47.7 Å². The van der Waals surface area contributed by atoms with Crippen molar-refractivity contribution in [2.75, 3.05) is 0 Å². The number of hydrogen-bond donors (Lipinski definition) is 2. The minimum atomic E-state index is -0.604. The first-order chi connectivity index (χ1) is 11.6. The van der Waals surface area contributed by atoms with Crippen LogP contribution in [0, 0.1) is 6.57 Å². The van der Waals surface area contributed by atoms with Gasteiger partial charge in [-0.25, -0.2) is 11.6 Å². The number of hydrazone groups is 1. The number of aliphatic imine (C=N–C) groups is 1. The SMILES string of the molecule is [C-]#[N+]C(C)/N=C/C(=N\N)C(=O)NCc1cc(-c2ccncc2)on1. The van der Waals surface area contributed by atoms with Gasteiger partial charge in [0.25, 0.3) is 5.91 Å². The molecule has 1 amide bonds. The zero-order valence-corrected chi connectivity index (χ0v) is 12.9. The smallest absolute Gasteiger partial charge is 0.312 e. The summed E-state index contributed by atoms with van der Waals surface area (Å²) in [7, 11) is 0. The van der Waals surface area contributed by atoms with Crippen molar-refractivity contribution in [1.29, 1.82) is 0 Å². The largest absolute Gasteiger partial charge is 0.356 e. The molecule has 0 saturated carbocycles. The van der Waals surface area contributed by atoms with Gasteiger partial charge in [0.15, 0.2) is 11.5 Å². The van der Waals surface area contributed by atoms with Crippen molar-refractivity contribution in [3.8, 4) is 11.3 Å². The maximum Gasteiger partial charge on any atom is 0.312 e. The zero-order chi connectivity index (χ0) is 17.4. The van der Waals surface area contributed by atoms with Crippen LogP contribution in [0.4, 0.5) is 0 Å². The second kappa shape index (κ2) is 8.19. The van der Waals surface area contributed by atoms with Crippen LogP contribution in [0.3, 0.4) is 0 Å². The fourth-order valence-corrected chi connectivity index (χ4v) is 1.67. The fourth-order valence-electron chi connectivity index (χ4n) is 1.67. The highest BCUT2D eigenvalue weighted by Crippen LogP contribution is 2.18. The molecule has 2 heterocycles. The highest BCUT2D eigenvalue weighted by Gasteiger charge is 2.12. The molecule has 0 radical (unpaired) electrons. The van der Waals surface area contributed by atoms with Gasteiger partial charge < -0.3 is 15.7 Å². The number of nitrogens with one attached hydrogen (secondary N) is 1. The van der Waals surface area contributed by atoms with Gasteiger partial charge in [-0.15, -0.1) is 0 Å². The average molecular weight is 325 g/mol. The highest BCUT2D eigenvalue weighted by molar-refractivity contribution is 6.60. The first kappa shape index (κ1) is 16.8. The molecule has 2 aromatic rings. The molecule has 0 aliphatic heterocycles. The monoisotopic (exact) mass is 325 g/mol. The summed E-state index contributed by atoms with van der Waals surface area (Å²) in [6.45, 7) is 8.53. The maximum atomic E-state index is 12.0. The predicted molar refractivity (Wildman–Crippen MR) is 87.8 cm³/mol.